The monoisotopic (exact) mass is 264 g/mol. The van der Waals surface area contributed by atoms with E-state index < -0.39 is 9.84 Å². The molecular weight excluding hydrogens is 244 g/mol. The summed E-state index contributed by atoms with van der Waals surface area (Å²) in [4.78, 5) is 2.70. The van der Waals surface area contributed by atoms with Gasteiger partial charge in [0.15, 0.2) is 9.84 Å². The van der Waals surface area contributed by atoms with Crippen LogP contribution in [0.2, 0.25) is 0 Å². The van der Waals surface area contributed by atoms with E-state index >= 15 is 0 Å². The van der Waals surface area contributed by atoms with E-state index in [0.29, 0.717) is 24.0 Å². The summed E-state index contributed by atoms with van der Waals surface area (Å²) in [6, 6.07) is 0.557. The fourth-order valence-electron chi connectivity index (χ4n) is 1.57. The second kappa shape index (κ2) is 5.93. The molecule has 1 aliphatic rings. The zero-order valence-electron chi connectivity index (χ0n) is 9.68. The Morgan fingerprint density at radius 2 is 2.06 bits per heavy atom. The third-order valence-corrected chi connectivity index (χ3v) is 4.73. The summed E-state index contributed by atoms with van der Waals surface area (Å²) in [5.74, 6) is 0.470. The molecule has 0 atom stereocenters. The summed E-state index contributed by atoms with van der Waals surface area (Å²) in [5, 5.41) is 0. The summed E-state index contributed by atoms with van der Waals surface area (Å²) in [6.45, 7) is 3.09. The number of nitrogens with zero attached hydrogens (tertiary/aromatic N) is 1. The van der Waals surface area contributed by atoms with Gasteiger partial charge in [-0.15, -0.1) is 0 Å². The Kier molecular flexibility index (Phi) is 5.14. The molecule has 0 aromatic carbocycles. The summed E-state index contributed by atoms with van der Waals surface area (Å²) in [5.41, 5.74) is 5.46. The minimum Gasteiger partial charge on any atom is -0.393 e. The molecule has 1 rings (SSSR count). The van der Waals surface area contributed by atoms with Crippen LogP contribution in [0.5, 0.6) is 0 Å². The van der Waals surface area contributed by atoms with Crippen molar-refractivity contribution in [1.29, 1.82) is 0 Å². The number of hydrogen-bond acceptors (Lipinski definition) is 4. The SMILES string of the molecule is CCS(=O)(=O)CCN(CCC(N)=S)C1CC1. The fourth-order valence-corrected chi connectivity index (χ4v) is 2.46. The highest BCUT2D eigenvalue weighted by Crippen LogP contribution is 2.26. The molecule has 2 N–H and O–H groups in total. The molecule has 0 aliphatic heterocycles. The minimum atomic E-state index is -2.86. The van der Waals surface area contributed by atoms with Crippen LogP contribution in [0.3, 0.4) is 0 Å². The van der Waals surface area contributed by atoms with Gasteiger partial charge in [0.1, 0.15) is 0 Å². The van der Waals surface area contributed by atoms with Crippen molar-refractivity contribution in [3.8, 4) is 0 Å². The van der Waals surface area contributed by atoms with Crippen LogP contribution in [-0.4, -0.2) is 48.9 Å². The topological polar surface area (TPSA) is 63.4 Å². The van der Waals surface area contributed by atoms with Gasteiger partial charge in [0.05, 0.1) is 10.7 Å². The Morgan fingerprint density at radius 3 is 2.50 bits per heavy atom. The maximum Gasteiger partial charge on any atom is 0.151 e. The molecule has 1 aliphatic carbocycles. The van der Waals surface area contributed by atoms with Crippen molar-refractivity contribution in [3.05, 3.63) is 0 Å². The number of thiocarbonyl (C=S) groups is 1. The average molecular weight is 264 g/mol. The molecule has 0 aromatic rings. The smallest absolute Gasteiger partial charge is 0.151 e. The number of nitrogens with two attached hydrogens (primary N) is 1. The molecule has 1 fully saturated rings. The van der Waals surface area contributed by atoms with E-state index in [1.165, 1.54) is 12.8 Å². The molecule has 0 heterocycles. The zero-order valence-corrected chi connectivity index (χ0v) is 11.3. The normalized spacial score (nSPS) is 16.6. The first-order valence-corrected chi connectivity index (χ1v) is 7.90. The van der Waals surface area contributed by atoms with E-state index in [2.05, 4.69) is 4.90 Å². The largest absolute Gasteiger partial charge is 0.393 e. The van der Waals surface area contributed by atoms with E-state index in [4.69, 9.17) is 18.0 Å². The van der Waals surface area contributed by atoms with Crippen molar-refractivity contribution in [1.82, 2.24) is 4.90 Å². The molecule has 6 heteroatoms. The maximum absolute atomic E-state index is 11.4. The van der Waals surface area contributed by atoms with Crippen LogP contribution >= 0.6 is 12.2 Å². The molecule has 16 heavy (non-hydrogen) atoms. The van der Waals surface area contributed by atoms with Gasteiger partial charge in [0.25, 0.3) is 0 Å². The summed E-state index contributed by atoms with van der Waals surface area (Å²) < 4.78 is 22.8. The van der Waals surface area contributed by atoms with Crippen LogP contribution in [0.15, 0.2) is 0 Å². The van der Waals surface area contributed by atoms with Gasteiger partial charge in [-0.2, -0.15) is 0 Å². The van der Waals surface area contributed by atoms with Gasteiger partial charge >= 0.3 is 0 Å². The van der Waals surface area contributed by atoms with Gasteiger partial charge in [0.2, 0.25) is 0 Å². The van der Waals surface area contributed by atoms with Gasteiger partial charge in [-0.1, -0.05) is 19.1 Å². The highest BCUT2D eigenvalue weighted by molar-refractivity contribution is 7.91. The van der Waals surface area contributed by atoms with Crippen LogP contribution in [0.1, 0.15) is 26.2 Å². The average Bonchev–Trinajstić information content (AvgIpc) is 3.01. The van der Waals surface area contributed by atoms with Gasteiger partial charge < -0.3 is 5.73 Å². The van der Waals surface area contributed by atoms with Crippen molar-refractivity contribution in [2.75, 3.05) is 24.6 Å². The molecule has 0 amide bonds. The molecule has 0 bridgehead atoms. The second-order valence-electron chi connectivity index (χ2n) is 4.22. The van der Waals surface area contributed by atoms with Gasteiger partial charge in [-0.3, -0.25) is 4.90 Å². The van der Waals surface area contributed by atoms with Crippen LogP contribution in [-0.2, 0) is 9.84 Å². The molecule has 0 unspecified atom stereocenters. The molecule has 0 spiro atoms. The molecule has 0 radical (unpaired) electrons. The van der Waals surface area contributed by atoms with Crippen LogP contribution in [0.4, 0.5) is 0 Å². The Morgan fingerprint density at radius 1 is 1.44 bits per heavy atom. The summed E-state index contributed by atoms with van der Waals surface area (Å²) >= 11 is 4.83. The summed E-state index contributed by atoms with van der Waals surface area (Å²) in [6.07, 6.45) is 3.02. The maximum atomic E-state index is 11.4. The molecular formula is C10H20N2O2S2. The predicted octanol–water partition coefficient (Wildman–Crippen LogP) is 0.562. The molecule has 0 aromatic heterocycles. The van der Waals surface area contributed by atoms with Crippen LogP contribution in [0.25, 0.3) is 0 Å². The summed E-state index contributed by atoms with van der Waals surface area (Å²) in [7, 11) is -2.86. The Labute approximate surface area is 103 Å². The van der Waals surface area contributed by atoms with Crippen molar-refractivity contribution >= 4 is 27.0 Å². The second-order valence-corrected chi connectivity index (χ2v) is 7.22. The first kappa shape index (κ1) is 13.9. The van der Waals surface area contributed by atoms with Crippen molar-refractivity contribution in [2.24, 2.45) is 5.73 Å². The highest BCUT2D eigenvalue weighted by Gasteiger charge is 2.29. The lowest BCUT2D eigenvalue weighted by Gasteiger charge is -2.21. The van der Waals surface area contributed by atoms with E-state index in [1.54, 1.807) is 6.92 Å². The third-order valence-electron chi connectivity index (χ3n) is 2.84. The number of hydrogen-bond donors (Lipinski definition) is 1. The predicted molar refractivity (Wildman–Crippen MR) is 70.3 cm³/mol. The standard InChI is InChI=1S/C10H20N2O2S2/c1-2-16(13,14)8-7-12(9-3-4-9)6-5-10(11)15/h9H,2-8H2,1H3,(H2,11,15). The lowest BCUT2D eigenvalue weighted by molar-refractivity contribution is 0.287. The number of sulfone groups is 1. The molecule has 1 saturated carbocycles. The van der Waals surface area contributed by atoms with Crippen LogP contribution in [0, 0.1) is 0 Å². The van der Waals surface area contributed by atoms with E-state index in [-0.39, 0.29) is 11.5 Å². The van der Waals surface area contributed by atoms with Crippen molar-refractivity contribution < 1.29 is 8.42 Å². The first-order valence-electron chi connectivity index (χ1n) is 5.67. The highest BCUT2D eigenvalue weighted by atomic mass is 32.2. The quantitative estimate of drug-likeness (QED) is 0.649. The molecule has 0 saturated heterocycles. The van der Waals surface area contributed by atoms with Gasteiger partial charge in [0, 0.05) is 31.3 Å². The Hall–Kier alpha value is -0.200. The molecule has 94 valence electrons. The number of rotatable bonds is 8. The van der Waals surface area contributed by atoms with E-state index in [1.807, 2.05) is 0 Å². The third kappa shape index (κ3) is 5.23. The van der Waals surface area contributed by atoms with Gasteiger partial charge in [-0.05, 0) is 12.8 Å². The van der Waals surface area contributed by atoms with Crippen molar-refractivity contribution in [3.63, 3.8) is 0 Å². The fraction of sp³-hybridized carbons (Fsp3) is 0.900. The molecule has 4 nitrogen and oxygen atoms in total. The Bertz CT molecular complexity index is 337. The lowest BCUT2D eigenvalue weighted by Crippen LogP contribution is -2.34. The minimum absolute atomic E-state index is 0.223. The lowest BCUT2D eigenvalue weighted by atomic mass is 10.3. The first-order chi connectivity index (χ1) is 7.44. The zero-order chi connectivity index (χ0) is 12.2. The van der Waals surface area contributed by atoms with Crippen molar-refractivity contribution in [2.45, 2.75) is 32.2 Å². The Balaban J connectivity index is 2.36. The van der Waals surface area contributed by atoms with Gasteiger partial charge in [-0.25, -0.2) is 8.42 Å². The van der Waals surface area contributed by atoms with Crippen LogP contribution < -0.4 is 5.73 Å². The van der Waals surface area contributed by atoms with E-state index in [9.17, 15) is 8.42 Å². The van der Waals surface area contributed by atoms with E-state index in [0.717, 1.165) is 6.54 Å².